The highest BCUT2D eigenvalue weighted by Gasteiger charge is 2.19. The zero-order chi connectivity index (χ0) is 13.1. The number of aryl methyl sites for hydroxylation is 1. The molecule has 0 radical (unpaired) electrons. The van der Waals surface area contributed by atoms with Crippen molar-refractivity contribution in [3.05, 3.63) is 29.3 Å². The van der Waals surface area contributed by atoms with Gasteiger partial charge in [0.15, 0.2) is 6.29 Å². The lowest BCUT2D eigenvalue weighted by Gasteiger charge is -2.08. The maximum Gasteiger partial charge on any atom is 0.164 e. The molecule has 2 aliphatic heterocycles. The molecule has 2 heterocycles. The SMILES string of the molecule is O=C(CCc1ccc2c(c1)CCO2)CC1OCCO1. The van der Waals surface area contributed by atoms with Gasteiger partial charge in [-0.05, 0) is 23.6 Å². The van der Waals surface area contributed by atoms with Crippen LogP contribution >= 0.6 is 0 Å². The molecule has 4 nitrogen and oxygen atoms in total. The number of carbonyl (C=O) groups excluding carboxylic acids is 1. The van der Waals surface area contributed by atoms with Crippen molar-refractivity contribution in [1.82, 2.24) is 0 Å². The van der Waals surface area contributed by atoms with Crippen LogP contribution in [-0.4, -0.2) is 31.9 Å². The van der Waals surface area contributed by atoms with Crippen LogP contribution in [0.25, 0.3) is 0 Å². The average Bonchev–Trinajstić information content (AvgIpc) is 3.06. The quantitative estimate of drug-likeness (QED) is 0.813. The number of rotatable bonds is 5. The second kappa shape index (κ2) is 5.72. The first-order chi connectivity index (χ1) is 9.31. The average molecular weight is 262 g/mol. The minimum atomic E-state index is -0.319. The molecule has 0 unspecified atom stereocenters. The molecule has 0 saturated carbocycles. The Balaban J connectivity index is 1.50. The third-order valence-electron chi connectivity index (χ3n) is 3.53. The molecule has 0 amide bonds. The van der Waals surface area contributed by atoms with E-state index in [1.54, 1.807) is 0 Å². The van der Waals surface area contributed by atoms with Crippen molar-refractivity contribution in [2.75, 3.05) is 19.8 Å². The Morgan fingerprint density at radius 1 is 1.21 bits per heavy atom. The molecule has 102 valence electrons. The van der Waals surface area contributed by atoms with Crippen LogP contribution in [0.3, 0.4) is 0 Å². The second-order valence-corrected chi connectivity index (χ2v) is 4.95. The van der Waals surface area contributed by atoms with Crippen molar-refractivity contribution < 1.29 is 19.0 Å². The summed E-state index contributed by atoms with van der Waals surface area (Å²) in [6.45, 7) is 1.97. The summed E-state index contributed by atoms with van der Waals surface area (Å²) in [5, 5.41) is 0. The molecule has 19 heavy (non-hydrogen) atoms. The molecule has 0 aliphatic carbocycles. The van der Waals surface area contributed by atoms with Gasteiger partial charge in [0.05, 0.1) is 26.2 Å². The monoisotopic (exact) mass is 262 g/mol. The Morgan fingerprint density at radius 2 is 2.05 bits per heavy atom. The first kappa shape index (κ1) is 12.6. The van der Waals surface area contributed by atoms with Crippen LogP contribution in [0.4, 0.5) is 0 Å². The lowest BCUT2D eigenvalue weighted by Crippen LogP contribution is -2.14. The van der Waals surface area contributed by atoms with Gasteiger partial charge in [0.2, 0.25) is 0 Å². The lowest BCUT2D eigenvalue weighted by atomic mass is 10.0. The molecule has 3 rings (SSSR count). The highest BCUT2D eigenvalue weighted by atomic mass is 16.7. The van der Waals surface area contributed by atoms with Crippen LogP contribution in [0.15, 0.2) is 18.2 Å². The van der Waals surface area contributed by atoms with Gasteiger partial charge < -0.3 is 14.2 Å². The van der Waals surface area contributed by atoms with E-state index in [9.17, 15) is 4.79 Å². The normalized spacial score (nSPS) is 18.3. The molecule has 0 atom stereocenters. The zero-order valence-electron chi connectivity index (χ0n) is 10.9. The number of fused-ring (bicyclic) bond motifs is 1. The van der Waals surface area contributed by atoms with Crippen molar-refractivity contribution in [2.24, 2.45) is 0 Å². The summed E-state index contributed by atoms with van der Waals surface area (Å²) in [6.07, 6.45) is 2.34. The first-order valence-corrected chi connectivity index (χ1v) is 6.81. The largest absolute Gasteiger partial charge is 0.493 e. The van der Waals surface area contributed by atoms with Gasteiger partial charge in [-0.2, -0.15) is 0 Å². The Hall–Kier alpha value is -1.39. The maximum atomic E-state index is 11.8. The summed E-state index contributed by atoms with van der Waals surface area (Å²) >= 11 is 0. The van der Waals surface area contributed by atoms with Crippen LogP contribution in [0.1, 0.15) is 24.0 Å². The summed E-state index contributed by atoms with van der Waals surface area (Å²) in [6, 6.07) is 6.20. The van der Waals surface area contributed by atoms with E-state index in [0.29, 0.717) is 26.1 Å². The van der Waals surface area contributed by atoms with Crippen LogP contribution in [-0.2, 0) is 27.1 Å². The second-order valence-electron chi connectivity index (χ2n) is 4.95. The van der Waals surface area contributed by atoms with E-state index in [-0.39, 0.29) is 12.1 Å². The Kier molecular flexibility index (Phi) is 3.80. The zero-order valence-corrected chi connectivity index (χ0v) is 10.9. The van der Waals surface area contributed by atoms with Gasteiger partial charge in [-0.15, -0.1) is 0 Å². The van der Waals surface area contributed by atoms with E-state index in [4.69, 9.17) is 14.2 Å². The van der Waals surface area contributed by atoms with E-state index in [1.165, 1.54) is 11.1 Å². The van der Waals surface area contributed by atoms with Crippen molar-refractivity contribution in [3.63, 3.8) is 0 Å². The minimum Gasteiger partial charge on any atom is -0.493 e. The molecule has 2 aliphatic rings. The minimum absolute atomic E-state index is 0.198. The van der Waals surface area contributed by atoms with E-state index in [0.717, 1.165) is 25.2 Å². The predicted molar refractivity (Wildman–Crippen MR) is 69.3 cm³/mol. The Bertz CT molecular complexity index is 463. The Morgan fingerprint density at radius 3 is 2.89 bits per heavy atom. The lowest BCUT2D eigenvalue weighted by molar-refractivity contribution is -0.127. The highest BCUT2D eigenvalue weighted by molar-refractivity contribution is 5.79. The summed E-state index contributed by atoms with van der Waals surface area (Å²) in [7, 11) is 0. The van der Waals surface area contributed by atoms with Gasteiger partial charge in [-0.3, -0.25) is 4.79 Å². The predicted octanol–water partition coefficient (Wildman–Crippen LogP) is 1.89. The third-order valence-corrected chi connectivity index (χ3v) is 3.53. The number of ketones is 1. The Labute approximate surface area is 112 Å². The van der Waals surface area contributed by atoms with Gasteiger partial charge >= 0.3 is 0 Å². The molecule has 1 aromatic rings. The number of ether oxygens (including phenoxy) is 3. The van der Waals surface area contributed by atoms with Crippen molar-refractivity contribution in [3.8, 4) is 5.75 Å². The van der Waals surface area contributed by atoms with E-state index >= 15 is 0 Å². The fraction of sp³-hybridized carbons (Fsp3) is 0.533. The third kappa shape index (κ3) is 3.14. The number of carbonyl (C=O) groups is 1. The molecule has 0 N–H and O–H groups in total. The smallest absolute Gasteiger partial charge is 0.164 e. The highest BCUT2D eigenvalue weighted by Crippen LogP contribution is 2.26. The standard InChI is InChI=1S/C15H18O4/c16-13(10-15-18-7-8-19-15)3-1-11-2-4-14-12(9-11)5-6-17-14/h2,4,9,15H,1,3,5-8,10H2. The summed E-state index contributed by atoms with van der Waals surface area (Å²) in [5.74, 6) is 1.19. The van der Waals surface area contributed by atoms with Gasteiger partial charge in [0.1, 0.15) is 11.5 Å². The van der Waals surface area contributed by atoms with E-state index in [2.05, 4.69) is 6.07 Å². The van der Waals surface area contributed by atoms with Crippen LogP contribution in [0.5, 0.6) is 5.75 Å². The number of hydrogen-bond acceptors (Lipinski definition) is 4. The first-order valence-electron chi connectivity index (χ1n) is 6.81. The number of benzene rings is 1. The van der Waals surface area contributed by atoms with Gasteiger partial charge in [-0.1, -0.05) is 12.1 Å². The van der Waals surface area contributed by atoms with Crippen molar-refractivity contribution in [1.29, 1.82) is 0 Å². The maximum absolute atomic E-state index is 11.8. The summed E-state index contributed by atoms with van der Waals surface area (Å²) < 4.78 is 16.0. The molecule has 4 heteroatoms. The van der Waals surface area contributed by atoms with E-state index < -0.39 is 0 Å². The molecule has 1 saturated heterocycles. The van der Waals surface area contributed by atoms with Gasteiger partial charge in [-0.25, -0.2) is 0 Å². The molecular weight excluding hydrogens is 244 g/mol. The van der Waals surface area contributed by atoms with Gasteiger partial charge in [0.25, 0.3) is 0 Å². The van der Waals surface area contributed by atoms with Gasteiger partial charge in [0, 0.05) is 12.8 Å². The van der Waals surface area contributed by atoms with Crippen LogP contribution in [0, 0.1) is 0 Å². The fourth-order valence-corrected chi connectivity index (χ4v) is 2.49. The molecule has 1 aromatic carbocycles. The molecular formula is C15H18O4. The molecule has 0 bridgehead atoms. The molecule has 0 spiro atoms. The van der Waals surface area contributed by atoms with Crippen LogP contribution < -0.4 is 4.74 Å². The van der Waals surface area contributed by atoms with Crippen molar-refractivity contribution in [2.45, 2.75) is 32.0 Å². The molecule has 0 aromatic heterocycles. The summed E-state index contributed by atoms with van der Waals surface area (Å²) in [4.78, 5) is 11.8. The fourth-order valence-electron chi connectivity index (χ4n) is 2.49. The topological polar surface area (TPSA) is 44.8 Å². The van der Waals surface area contributed by atoms with Crippen molar-refractivity contribution >= 4 is 5.78 Å². The van der Waals surface area contributed by atoms with Crippen LogP contribution in [0.2, 0.25) is 0 Å². The molecule has 1 fully saturated rings. The van der Waals surface area contributed by atoms with E-state index in [1.807, 2.05) is 12.1 Å². The number of Topliss-reactive ketones (excluding diaryl/α,β-unsaturated/α-hetero) is 1. The summed E-state index contributed by atoms with van der Waals surface area (Å²) in [5.41, 5.74) is 2.46. The number of hydrogen-bond donors (Lipinski definition) is 0.